The van der Waals surface area contributed by atoms with E-state index < -0.39 is 0 Å². The maximum atomic E-state index is 3.47. The zero-order valence-corrected chi connectivity index (χ0v) is 14.1. The molecule has 2 rings (SSSR count). The molecule has 0 saturated carbocycles. The summed E-state index contributed by atoms with van der Waals surface area (Å²) in [5, 5.41) is 3.47. The Bertz CT molecular complexity index is 411. The first kappa shape index (κ1) is 16.5. The van der Waals surface area contributed by atoms with Gasteiger partial charge in [0.2, 0.25) is 0 Å². The van der Waals surface area contributed by atoms with Crippen molar-refractivity contribution in [3.05, 3.63) is 35.4 Å². The average molecular weight is 289 g/mol. The highest BCUT2D eigenvalue weighted by atomic mass is 15.2. The third kappa shape index (κ3) is 5.42. The highest BCUT2D eigenvalue weighted by Gasteiger charge is 2.23. The van der Waals surface area contributed by atoms with E-state index in [1.807, 2.05) is 0 Å². The Morgan fingerprint density at radius 2 is 1.86 bits per heavy atom. The Hall–Kier alpha value is -0.900. The molecule has 0 bridgehead atoms. The number of nitrogens with one attached hydrogen (secondary N) is 1. The van der Waals surface area contributed by atoms with Crippen LogP contribution in [0.4, 0.5) is 0 Å². The third-order valence-electron chi connectivity index (χ3n) is 4.37. The lowest BCUT2D eigenvalue weighted by atomic mass is 10.1. The molecule has 21 heavy (non-hydrogen) atoms. The van der Waals surface area contributed by atoms with Crippen molar-refractivity contribution in [2.24, 2.45) is 0 Å². The zero-order chi connectivity index (χ0) is 15.2. The zero-order valence-electron chi connectivity index (χ0n) is 14.1. The van der Waals surface area contributed by atoms with Gasteiger partial charge >= 0.3 is 0 Å². The molecule has 1 aromatic carbocycles. The summed E-state index contributed by atoms with van der Waals surface area (Å²) in [5.74, 6) is 0. The van der Waals surface area contributed by atoms with Gasteiger partial charge in [0.05, 0.1) is 0 Å². The predicted octanol–water partition coefficient (Wildman–Crippen LogP) is 2.36. The molecule has 1 heterocycles. The summed E-state index contributed by atoms with van der Waals surface area (Å²) >= 11 is 0. The summed E-state index contributed by atoms with van der Waals surface area (Å²) in [6.45, 7) is 8.97. The summed E-state index contributed by atoms with van der Waals surface area (Å²) in [7, 11) is 4.38. The molecule has 1 saturated heterocycles. The smallest absolute Gasteiger partial charge is 0.0234 e. The molecule has 0 spiro atoms. The number of nitrogens with zero attached hydrogens (tertiary/aromatic N) is 2. The van der Waals surface area contributed by atoms with Crippen molar-refractivity contribution < 1.29 is 0 Å². The minimum atomic E-state index is 0.573. The van der Waals surface area contributed by atoms with Crippen LogP contribution in [-0.4, -0.2) is 55.6 Å². The first-order chi connectivity index (χ1) is 10.0. The van der Waals surface area contributed by atoms with Gasteiger partial charge in [-0.05, 0) is 44.6 Å². The molecule has 1 aliphatic heterocycles. The van der Waals surface area contributed by atoms with Crippen molar-refractivity contribution in [3.63, 3.8) is 0 Å². The largest absolute Gasteiger partial charge is 0.314 e. The molecule has 1 fully saturated rings. The molecule has 0 aliphatic carbocycles. The molecule has 1 unspecified atom stereocenters. The standard InChI is InChI=1S/C18H31N3/c1-15(2)19-11-9-16-5-7-17(8-6-16)13-21-12-10-18(14-21)20(3)4/h5-8,15,18-19H,9-14H2,1-4H3. The van der Waals surface area contributed by atoms with E-state index in [-0.39, 0.29) is 0 Å². The van der Waals surface area contributed by atoms with E-state index in [1.54, 1.807) is 0 Å². The van der Waals surface area contributed by atoms with Crippen molar-refractivity contribution in [2.45, 2.75) is 45.3 Å². The van der Waals surface area contributed by atoms with Gasteiger partial charge in [-0.15, -0.1) is 0 Å². The number of likely N-dealkylation sites (tertiary alicyclic amines) is 1. The fourth-order valence-corrected chi connectivity index (χ4v) is 2.95. The Morgan fingerprint density at radius 1 is 1.19 bits per heavy atom. The fraction of sp³-hybridized carbons (Fsp3) is 0.667. The second kappa shape index (κ2) is 7.92. The lowest BCUT2D eigenvalue weighted by molar-refractivity contribution is 0.264. The normalized spacial score (nSPS) is 19.8. The van der Waals surface area contributed by atoms with Gasteiger partial charge in [0.25, 0.3) is 0 Å². The first-order valence-electron chi connectivity index (χ1n) is 8.24. The summed E-state index contributed by atoms with van der Waals surface area (Å²) in [4.78, 5) is 4.92. The van der Waals surface area contributed by atoms with Crippen molar-refractivity contribution >= 4 is 0 Å². The van der Waals surface area contributed by atoms with Crippen LogP contribution in [0.3, 0.4) is 0 Å². The van der Waals surface area contributed by atoms with Crippen molar-refractivity contribution in [2.75, 3.05) is 33.7 Å². The minimum Gasteiger partial charge on any atom is -0.314 e. The summed E-state index contributed by atoms with van der Waals surface area (Å²) < 4.78 is 0. The van der Waals surface area contributed by atoms with E-state index >= 15 is 0 Å². The van der Waals surface area contributed by atoms with E-state index in [1.165, 1.54) is 30.6 Å². The highest BCUT2D eigenvalue weighted by Crippen LogP contribution is 2.16. The maximum Gasteiger partial charge on any atom is 0.0234 e. The molecule has 0 aromatic heterocycles. The van der Waals surface area contributed by atoms with Gasteiger partial charge in [0, 0.05) is 31.7 Å². The van der Waals surface area contributed by atoms with Crippen LogP contribution >= 0.6 is 0 Å². The molecule has 0 radical (unpaired) electrons. The minimum absolute atomic E-state index is 0.573. The number of hydrogen-bond donors (Lipinski definition) is 1. The van der Waals surface area contributed by atoms with Crippen LogP contribution in [-0.2, 0) is 13.0 Å². The predicted molar refractivity (Wildman–Crippen MR) is 90.7 cm³/mol. The van der Waals surface area contributed by atoms with Crippen LogP contribution in [0.1, 0.15) is 31.4 Å². The van der Waals surface area contributed by atoms with E-state index in [4.69, 9.17) is 0 Å². The number of likely N-dealkylation sites (N-methyl/N-ethyl adjacent to an activating group) is 1. The Labute approximate surface area is 130 Å². The summed E-state index contributed by atoms with van der Waals surface area (Å²) in [6, 6.07) is 10.5. The van der Waals surface area contributed by atoms with E-state index in [9.17, 15) is 0 Å². The van der Waals surface area contributed by atoms with Gasteiger partial charge in [-0.3, -0.25) is 4.90 Å². The SMILES string of the molecule is CC(C)NCCc1ccc(CN2CCC(N(C)C)C2)cc1. The van der Waals surface area contributed by atoms with Gasteiger partial charge in [0.15, 0.2) is 0 Å². The van der Waals surface area contributed by atoms with Crippen molar-refractivity contribution in [1.29, 1.82) is 0 Å². The fourth-order valence-electron chi connectivity index (χ4n) is 2.95. The maximum absolute atomic E-state index is 3.47. The van der Waals surface area contributed by atoms with Gasteiger partial charge < -0.3 is 10.2 Å². The molecule has 3 nitrogen and oxygen atoms in total. The third-order valence-corrected chi connectivity index (χ3v) is 4.37. The van der Waals surface area contributed by atoms with Crippen LogP contribution in [0.25, 0.3) is 0 Å². The lowest BCUT2D eigenvalue weighted by Crippen LogP contribution is -2.31. The molecular weight excluding hydrogens is 258 g/mol. The Morgan fingerprint density at radius 3 is 2.43 bits per heavy atom. The van der Waals surface area contributed by atoms with E-state index in [0.717, 1.165) is 25.6 Å². The van der Waals surface area contributed by atoms with Crippen molar-refractivity contribution in [3.8, 4) is 0 Å². The Kier molecular flexibility index (Phi) is 6.22. The molecule has 118 valence electrons. The number of hydrogen-bond acceptors (Lipinski definition) is 3. The number of benzene rings is 1. The second-order valence-corrected chi connectivity index (χ2v) is 6.82. The summed E-state index contributed by atoms with van der Waals surface area (Å²) in [6.07, 6.45) is 2.41. The topological polar surface area (TPSA) is 18.5 Å². The van der Waals surface area contributed by atoms with Gasteiger partial charge in [-0.1, -0.05) is 38.1 Å². The van der Waals surface area contributed by atoms with Gasteiger partial charge in [-0.25, -0.2) is 0 Å². The van der Waals surface area contributed by atoms with Crippen LogP contribution in [0.2, 0.25) is 0 Å². The van der Waals surface area contributed by atoms with Gasteiger partial charge in [0.1, 0.15) is 0 Å². The highest BCUT2D eigenvalue weighted by molar-refractivity contribution is 5.23. The molecular formula is C18H31N3. The molecule has 1 aromatic rings. The quantitative estimate of drug-likeness (QED) is 0.831. The van der Waals surface area contributed by atoms with Crippen LogP contribution in [0.15, 0.2) is 24.3 Å². The van der Waals surface area contributed by atoms with Gasteiger partial charge in [-0.2, -0.15) is 0 Å². The lowest BCUT2D eigenvalue weighted by Gasteiger charge is -2.20. The summed E-state index contributed by atoms with van der Waals surface area (Å²) in [5.41, 5.74) is 2.87. The number of rotatable bonds is 7. The van der Waals surface area contributed by atoms with Crippen LogP contribution in [0, 0.1) is 0 Å². The molecule has 3 heteroatoms. The molecule has 1 atom stereocenters. The average Bonchev–Trinajstić information content (AvgIpc) is 2.89. The molecule has 1 aliphatic rings. The molecule has 1 N–H and O–H groups in total. The monoisotopic (exact) mass is 289 g/mol. The van der Waals surface area contributed by atoms with E-state index in [2.05, 4.69) is 67.3 Å². The van der Waals surface area contributed by atoms with Crippen LogP contribution in [0.5, 0.6) is 0 Å². The second-order valence-electron chi connectivity index (χ2n) is 6.82. The Balaban J connectivity index is 1.77. The first-order valence-corrected chi connectivity index (χ1v) is 8.24. The van der Waals surface area contributed by atoms with E-state index in [0.29, 0.717) is 6.04 Å². The molecule has 0 amide bonds. The van der Waals surface area contributed by atoms with Crippen LogP contribution < -0.4 is 5.32 Å². The van der Waals surface area contributed by atoms with Crippen molar-refractivity contribution in [1.82, 2.24) is 15.1 Å².